The Morgan fingerprint density at radius 3 is 2.44 bits per heavy atom. The molecule has 0 radical (unpaired) electrons. The Balaban J connectivity index is 1.77. The zero-order chi connectivity index (χ0) is 23.0. The van der Waals surface area contributed by atoms with Crippen molar-refractivity contribution in [2.45, 2.75) is 37.1 Å². The topological polar surface area (TPSA) is 110 Å². The van der Waals surface area contributed by atoms with Crippen LogP contribution >= 0.6 is 0 Å². The zero-order valence-electron chi connectivity index (χ0n) is 18.4. The summed E-state index contributed by atoms with van der Waals surface area (Å²) in [5.74, 6) is 0.303. The van der Waals surface area contributed by atoms with Gasteiger partial charge < -0.3 is 10.1 Å². The Labute approximate surface area is 188 Å². The Bertz CT molecular complexity index is 965. The van der Waals surface area contributed by atoms with Crippen molar-refractivity contribution in [2.24, 2.45) is 0 Å². The van der Waals surface area contributed by atoms with E-state index in [-0.39, 0.29) is 23.3 Å². The normalized spacial score (nSPS) is 20.0. The molecule has 0 aromatic heterocycles. The summed E-state index contributed by atoms with van der Waals surface area (Å²) in [6.07, 6.45) is 4.87. The summed E-state index contributed by atoms with van der Waals surface area (Å²) in [7, 11) is 3.05. The minimum Gasteiger partial charge on any atom is -0.496 e. The molecule has 0 bridgehead atoms. The van der Waals surface area contributed by atoms with Crippen LogP contribution in [0.2, 0.25) is 0 Å². The van der Waals surface area contributed by atoms with Gasteiger partial charge in [-0.2, -0.15) is 5.26 Å². The second kappa shape index (κ2) is 10.6. The lowest BCUT2D eigenvalue weighted by Crippen LogP contribution is -2.50. The number of methoxy groups -OCH3 is 1. The van der Waals surface area contributed by atoms with Crippen molar-refractivity contribution in [1.29, 1.82) is 10.7 Å². The molecule has 0 aliphatic heterocycles. The first-order valence-electron chi connectivity index (χ1n) is 10.6. The Morgan fingerprint density at radius 2 is 1.81 bits per heavy atom. The summed E-state index contributed by atoms with van der Waals surface area (Å²) in [6, 6.07) is 17.4. The molecule has 0 atom stereocenters. The van der Waals surface area contributed by atoms with Crippen LogP contribution in [0.4, 0.5) is 0 Å². The Kier molecular flexibility index (Phi) is 7.68. The molecule has 0 unspecified atom stereocenters. The van der Waals surface area contributed by atoms with Crippen LogP contribution in [-0.4, -0.2) is 43.7 Å². The molecule has 1 amide bonds. The van der Waals surface area contributed by atoms with Crippen LogP contribution in [0.5, 0.6) is 5.75 Å². The molecule has 8 nitrogen and oxygen atoms in total. The predicted molar refractivity (Wildman–Crippen MR) is 121 cm³/mol. The number of hydroxylamine groups is 2. The first-order chi connectivity index (χ1) is 15.5. The van der Waals surface area contributed by atoms with Gasteiger partial charge in [0.1, 0.15) is 5.75 Å². The number of para-hydroxylation sites is 1. The van der Waals surface area contributed by atoms with Crippen LogP contribution in [0, 0.1) is 16.9 Å². The van der Waals surface area contributed by atoms with Gasteiger partial charge in [-0.05, 0) is 43.4 Å². The molecule has 8 heteroatoms. The molecule has 1 saturated carbocycles. The van der Waals surface area contributed by atoms with E-state index in [0.717, 1.165) is 25.7 Å². The molecule has 32 heavy (non-hydrogen) atoms. The molecule has 2 aromatic rings. The molecule has 1 fully saturated rings. The van der Waals surface area contributed by atoms with Crippen molar-refractivity contribution in [2.75, 3.05) is 20.8 Å². The van der Waals surface area contributed by atoms with E-state index in [2.05, 4.69) is 22.8 Å². The van der Waals surface area contributed by atoms with Gasteiger partial charge >= 0.3 is 0 Å². The predicted octanol–water partition coefficient (Wildman–Crippen LogP) is 3.17. The third-order valence-corrected chi connectivity index (χ3v) is 6.16. The Morgan fingerprint density at radius 1 is 1.16 bits per heavy atom. The number of benzene rings is 2. The summed E-state index contributed by atoms with van der Waals surface area (Å²) in [5.41, 5.74) is 1.45. The number of nitrogens with one attached hydrogen (secondary N) is 3. The summed E-state index contributed by atoms with van der Waals surface area (Å²) < 4.78 is 5.33. The van der Waals surface area contributed by atoms with Crippen LogP contribution in [0.25, 0.3) is 0 Å². The average Bonchev–Trinajstić information content (AvgIpc) is 2.84. The molecule has 0 heterocycles. The van der Waals surface area contributed by atoms with Crippen molar-refractivity contribution in [3.63, 3.8) is 0 Å². The van der Waals surface area contributed by atoms with Crippen molar-refractivity contribution >= 4 is 11.9 Å². The quantitative estimate of drug-likeness (QED) is 0.203. The van der Waals surface area contributed by atoms with E-state index in [0.29, 0.717) is 17.9 Å². The molecule has 3 N–H and O–H groups in total. The maximum absolute atomic E-state index is 12.9. The number of amides is 1. The van der Waals surface area contributed by atoms with E-state index in [4.69, 9.17) is 20.2 Å². The average molecular weight is 436 g/mol. The number of carbonyl (C=O) groups excluding carboxylic acids is 1. The number of rotatable bonds is 7. The van der Waals surface area contributed by atoms with Crippen LogP contribution in [0.1, 0.15) is 41.6 Å². The van der Waals surface area contributed by atoms with Gasteiger partial charge in [-0.25, -0.2) is 5.06 Å². The lowest BCUT2D eigenvalue weighted by molar-refractivity contribution is -0.112. The second-order valence-corrected chi connectivity index (χ2v) is 7.85. The summed E-state index contributed by atoms with van der Waals surface area (Å²) in [4.78, 5) is 18.3. The number of guanidine groups is 1. The van der Waals surface area contributed by atoms with Crippen LogP contribution < -0.4 is 15.4 Å². The van der Waals surface area contributed by atoms with Gasteiger partial charge in [-0.3, -0.25) is 20.4 Å². The molecular weight excluding hydrogens is 406 g/mol. The van der Waals surface area contributed by atoms with Crippen molar-refractivity contribution in [3.8, 4) is 11.9 Å². The standard InChI is InChI=1S/C24H29N5O3/c1-31-21-11-7-6-10-20(21)22(30)27-16-24(18-8-4-3-5-9-18)14-12-19(13-15-24)29(32-2)23(26)28-17-25/h3-11,19H,12-16H2,1-2H3,(H2,26,28)(H,27,30). The highest BCUT2D eigenvalue weighted by Gasteiger charge is 2.39. The highest BCUT2D eigenvalue weighted by molar-refractivity contribution is 5.97. The summed E-state index contributed by atoms with van der Waals surface area (Å²) >= 11 is 0. The maximum Gasteiger partial charge on any atom is 0.255 e. The van der Waals surface area contributed by atoms with Crippen molar-refractivity contribution < 1.29 is 14.4 Å². The fourth-order valence-corrected chi connectivity index (χ4v) is 4.46. The first-order valence-corrected chi connectivity index (χ1v) is 10.6. The highest BCUT2D eigenvalue weighted by Crippen LogP contribution is 2.40. The highest BCUT2D eigenvalue weighted by atomic mass is 16.7. The summed E-state index contributed by atoms with van der Waals surface area (Å²) in [6.45, 7) is 0.488. The molecule has 2 aromatic carbocycles. The largest absolute Gasteiger partial charge is 0.496 e. The molecule has 1 aliphatic carbocycles. The third kappa shape index (κ3) is 5.01. The van der Waals surface area contributed by atoms with Gasteiger partial charge in [0.05, 0.1) is 25.8 Å². The van der Waals surface area contributed by atoms with Gasteiger partial charge in [0, 0.05) is 12.0 Å². The fraction of sp³-hybridized carbons (Fsp3) is 0.375. The molecular formula is C24H29N5O3. The van der Waals surface area contributed by atoms with E-state index in [9.17, 15) is 4.79 Å². The zero-order valence-corrected chi connectivity index (χ0v) is 18.4. The fourth-order valence-electron chi connectivity index (χ4n) is 4.46. The monoisotopic (exact) mass is 435 g/mol. The lowest BCUT2D eigenvalue weighted by Gasteiger charge is -2.43. The second-order valence-electron chi connectivity index (χ2n) is 7.85. The van der Waals surface area contributed by atoms with Crippen LogP contribution in [0.15, 0.2) is 54.6 Å². The maximum atomic E-state index is 12.9. The number of nitrogens with zero attached hydrogens (tertiary/aromatic N) is 2. The minimum absolute atomic E-state index is 0.0323. The molecule has 0 spiro atoms. The van der Waals surface area contributed by atoms with E-state index in [1.165, 1.54) is 17.7 Å². The lowest BCUT2D eigenvalue weighted by atomic mass is 9.68. The number of hydrogen-bond acceptors (Lipinski definition) is 5. The van der Waals surface area contributed by atoms with Crippen LogP contribution in [-0.2, 0) is 10.3 Å². The van der Waals surface area contributed by atoms with Crippen LogP contribution in [0.3, 0.4) is 0 Å². The first kappa shape index (κ1) is 23.1. The smallest absolute Gasteiger partial charge is 0.255 e. The van der Waals surface area contributed by atoms with E-state index in [1.807, 2.05) is 30.3 Å². The van der Waals surface area contributed by atoms with Gasteiger partial charge in [0.15, 0.2) is 6.19 Å². The summed E-state index contributed by atoms with van der Waals surface area (Å²) in [5, 5.41) is 23.8. The van der Waals surface area contributed by atoms with Crippen molar-refractivity contribution in [1.82, 2.24) is 15.7 Å². The number of hydrogen-bond donors (Lipinski definition) is 3. The molecule has 0 saturated heterocycles. The molecule has 1 aliphatic rings. The molecule has 168 valence electrons. The van der Waals surface area contributed by atoms with Crippen molar-refractivity contribution in [3.05, 3.63) is 65.7 Å². The van der Waals surface area contributed by atoms with E-state index >= 15 is 0 Å². The van der Waals surface area contributed by atoms with E-state index < -0.39 is 0 Å². The van der Waals surface area contributed by atoms with Gasteiger partial charge in [0.25, 0.3) is 5.91 Å². The molecule has 3 rings (SSSR count). The number of carbonyl (C=O) groups is 1. The minimum atomic E-state index is -0.236. The number of nitriles is 1. The third-order valence-electron chi connectivity index (χ3n) is 6.16. The van der Waals surface area contributed by atoms with E-state index in [1.54, 1.807) is 25.4 Å². The Hall–Kier alpha value is -3.57. The van der Waals surface area contributed by atoms with Gasteiger partial charge in [0.2, 0.25) is 5.96 Å². The van der Waals surface area contributed by atoms with Gasteiger partial charge in [-0.1, -0.05) is 42.5 Å². The van der Waals surface area contributed by atoms with Gasteiger partial charge in [-0.15, -0.1) is 0 Å². The number of ether oxygens (including phenoxy) is 1. The SMILES string of the molecule is COc1ccccc1C(=O)NCC1(c2ccccc2)CCC(N(OC)C(=N)NC#N)CC1.